The first-order valence-electron chi connectivity index (χ1n) is 4.77. The van der Waals surface area contributed by atoms with E-state index in [1.807, 2.05) is 24.9 Å². The molecule has 1 heterocycles. The Morgan fingerprint density at radius 3 is 2.87 bits per heavy atom. The van der Waals surface area contributed by atoms with Crippen molar-refractivity contribution in [2.24, 2.45) is 0 Å². The Bertz CT molecular complexity index is 324. The summed E-state index contributed by atoms with van der Waals surface area (Å²) in [7, 11) is 1.93. The van der Waals surface area contributed by atoms with Crippen molar-refractivity contribution in [3.8, 4) is 0 Å². The van der Waals surface area contributed by atoms with Gasteiger partial charge in [0.05, 0.1) is 11.6 Å². The van der Waals surface area contributed by atoms with Gasteiger partial charge in [0, 0.05) is 20.2 Å². The van der Waals surface area contributed by atoms with Crippen molar-refractivity contribution in [3.63, 3.8) is 0 Å². The van der Waals surface area contributed by atoms with Gasteiger partial charge in [0.25, 0.3) is 0 Å². The highest BCUT2D eigenvalue weighted by Crippen LogP contribution is 2.24. The van der Waals surface area contributed by atoms with E-state index in [-0.39, 0.29) is 0 Å². The van der Waals surface area contributed by atoms with E-state index in [4.69, 9.17) is 9.84 Å². The molecule has 0 amide bonds. The van der Waals surface area contributed by atoms with Crippen LogP contribution in [0.3, 0.4) is 0 Å². The molecule has 4 nitrogen and oxygen atoms in total. The Labute approximate surface area is 93.1 Å². The third kappa shape index (κ3) is 3.53. The van der Waals surface area contributed by atoms with Crippen molar-refractivity contribution >= 4 is 22.3 Å². The summed E-state index contributed by atoms with van der Waals surface area (Å²) in [4.78, 5) is 13.0. The number of carboxylic acid groups (broad SMARTS) is 1. The van der Waals surface area contributed by atoms with Gasteiger partial charge in [-0.1, -0.05) is 0 Å². The second-order valence-electron chi connectivity index (χ2n) is 3.06. The number of ether oxygens (including phenoxy) is 1. The fraction of sp³-hybridized carbons (Fsp3) is 0.500. The molecule has 0 bridgehead atoms. The summed E-state index contributed by atoms with van der Waals surface area (Å²) in [6.07, 6.45) is 0. The van der Waals surface area contributed by atoms with Crippen molar-refractivity contribution in [2.75, 3.05) is 31.7 Å². The van der Waals surface area contributed by atoms with Crippen molar-refractivity contribution in [2.45, 2.75) is 6.92 Å². The lowest BCUT2D eigenvalue weighted by atomic mass is 10.4. The van der Waals surface area contributed by atoms with E-state index in [0.717, 1.165) is 11.5 Å². The van der Waals surface area contributed by atoms with E-state index in [2.05, 4.69) is 0 Å². The van der Waals surface area contributed by atoms with Gasteiger partial charge in [0.15, 0.2) is 0 Å². The number of likely N-dealkylation sites (N-methyl/N-ethyl adjacent to an activating group) is 1. The highest BCUT2D eigenvalue weighted by Gasteiger charge is 2.09. The third-order valence-corrected chi connectivity index (χ3v) is 3.14. The van der Waals surface area contributed by atoms with Gasteiger partial charge in [-0.05, 0) is 19.1 Å². The SMILES string of the molecule is CCOCCN(C)c1ccc(C(=O)O)s1. The summed E-state index contributed by atoms with van der Waals surface area (Å²) in [5, 5.41) is 9.71. The molecule has 1 aromatic heterocycles. The average Bonchev–Trinajstić information content (AvgIpc) is 2.66. The minimum atomic E-state index is -0.871. The molecule has 0 fully saturated rings. The molecule has 0 spiro atoms. The van der Waals surface area contributed by atoms with Gasteiger partial charge >= 0.3 is 5.97 Å². The van der Waals surface area contributed by atoms with Crippen LogP contribution in [0.5, 0.6) is 0 Å². The minimum absolute atomic E-state index is 0.369. The molecule has 0 aromatic carbocycles. The Hall–Kier alpha value is -1.07. The fourth-order valence-electron chi connectivity index (χ4n) is 1.10. The molecule has 84 valence electrons. The molecule has 0 unspecified atom stereocenters. The molecule has 0 atom stereocenters. The maximum atomic E-state index is 10.7. The Morgan fingerprint density at radius 1 is 1.60 bits per heavy atom. The summed E-state index contributed by atoms with van der Waals surface area (Å²) in [5.41, 5.74) is 0. The summed E-state index contributed by atoms with van der Waals surface area (Å²) in [5.74, 6) is -0.871. The molecule has 0 saturated heterocycles. The summed E-state index contributed by atoms with van der Waals surface area (Å²) < 4.78 is 5.23. The number of aromatic carboxylic acids is 1. The van der Waals surface area contributed by atoms with Crippen LogP contribution >= 0.6 is 11.3 Å². The zero-order chi connectivity index (χ0) is 11.3. The molecular formula is C10H15NO3S. The number of carbonyl (C=O) groups is 1. The Morgan fingerprint density at radius 2 is 2.33 bits per heavy atom. The normalized spacial score (nSPS) is 10.3. The van der Waals surface area contributed by atoms with Crippen LogP contribution in [0.1, 0.15) is 16.6 Å². The number of hydrogen-bond donors (Lipinski definition) is 1. The third-order valence-electron chi connectivity index (χ3n) is 1.95. The predicted molar refractivity (Wildman–Crippen MR) is 61.0 cm³/mol. The molecule has 15 heavy (non-hydrogen) atoms. The van der Waals surface area contributed by atoms with Crippen molar-refractivity contribution in [3.05, 3.63) is 17.0 Å². The second kappa shape index (κ2) is 5.72. The maximum absolute atomic E-state index is 10.7. The van der Waals surface area contributed by atoms with Crippen LogP contribution in [0.15, 0.2) is 12.1 Å². The quantitative estimate of drug-likeness (QED) is 0.757. The molecule has 1 rings (SSSR count). The lowest BCUT2D eigenvalue weighted by molar-refractivity contribution is 0.0702. The molecule has 1 N–H and O–H groups in total. The molecule has 0 aliphatic heterocycles. The monoisotopic (exact) mass is 229 g/mol. The van der Waals surface area contributed by atoms with Crippen LogP contribution < -0.4 is 4.90 Å². The van der Waals surface area contributed by atoms with Gasteiger partial charge in [0.2, 0.25) is 0 Å². The summed E-state index contributed by atoms with van der Waals surface area (Å²) in [6, 6.07) is 3.44. The largest absolute Gasteiger partial charge is 0.477 e. The zero-order valence-electron chi connectivity index (χ0n) is 8.90. The Kier molecular flexibility index (Phi) is 4.58. The smallest absolute Gasteiger partial charge is 0.345 e. The van der Waals surface area contributed by atoms with Gasteiger partial charge in [-0.2, -0.15) is 0 Å². The molecule has 0 saturated carbocycles. The summed E-state index contributed by atoms with van der Waals surface area (Å²) in [6.45, 7) is 4.09. The second-order valence-corrected chi connectivity index (χ2v) is 4.12. The lowest BCUT2D eigenvalue weighted by Crippen LogP contribution is -2.21. The number of hydrogen-bond acceptors (Lipinski definition) is 4. The van der Waals surface area contributed by atoms with Crippen LogP contribution in [-0.2, 0) is 4.74 Å². The van der Waals surface area contributed by atoms with Gasteiger partial charge in [0.1, 0.15) is 4.88 Å². The molecule has 0 aliphatic rings. The van der Waals surface area contributed by atoms with Gasteiger partial charge in [-0.3, -0.25) is 0 Å². The van der Waals surface area contributed by atoms with E-state index in [1.165, 1.54) is 11.3 Å². The number of nitrogens with zero attached hydrogens (tertiary/aromatic N) is 1. The first-order valence-corrected chi connectivity index (χ1v) is 5.58. The van der Waals surface area contributed by atoms with Crippen molar-refractivity contribution in [1.82, 2.24) is 0 Å². The van der Waals surface area contributed by atoms with Crippen molar-refractivity contribution in [1.29, 1.82) is 0 Å². The highest BCUT2D eigenvalue weighted by atomic mass is 32.1. The molecule has 0 radical (unpaired) electrons. The zero-order valence-corrected chi connectivity index (χ0v) is 9.71. The van der Waals surface area contributed by atoms with Crippen LogP contribution in [-0.4, -0.2) is 37.9 Å². The molecule has 1 aromatic rings. The van der Waals surface area contributed by atoms with E-state index in [0.29, 0.717) is 18.1 Å². The average molecular weight is 229 g/mol. The van der Waals surface area contributed by atoms with Crippen molar-refractivity contribution < 1.29 is 14.6 Å². The van der Waals surface area contributed by atoms with Crippen LogP contribution in [0.2, 0.25) is 0 Å². The maximum Gasteiger partial charge on any atom is 0.345 e. The summed E-state index contributed by atoms with van der Waals surface area (Å²) >= 11 is 1.28. The number of rotatable bonds is 6. The first-order chi connectivity index (χ1) is 7.15. The highest BCUT2D eigenvalue weighted by molar-refractivity contribution is 7.17. The predicted octanol–water partition coefficient (Wildman–Crippen LogP) is 1.92. The molecule has 0 aliphatic carbocycles. The van der Waals surface area contributed by atoms with Gasteiger partial charge in [-0.15, -0.1) is 11.3 Å². The Balaban J connectivity index is 2.50. The number of thiophene rings is 1. The van der Waals surface area contributed by atoms with E-state index in [1.54, 1.807) is 6.07 Å². The van der Waals surface area contributed by atoms with Crippen LogP contribution in [0.25, 0.3) is 0 Å². The molecule has 5 heteroatoms. The molecular weight excluding hydrogens is 214 g/mol. The first kappa shape index (κ1) is 12.0. The fourth-order valence-corrected chi connectivity index (χ4v) is 1.94. The standard InChI is InChI=1S/C10H15NO3S/c1-3-14-7-6-11(2)9-5-4-8(15-9)10(12)13/h4-5H,3,6-7H2,1-2H3,(H,12,13). The number of anilines is 1. The van der Waals surface area contributed by atoms with E-state index in [9.17, 15) is 4.79 Å². The van der Waals surface area contributed by atoms with Crippen LogP contribution in [0, 0.1) is 0 Å². The van der Waals surface area contributed by atoms with E-state index >= 15 is 0 Å². The van der Waals surface area contributed by atoms with E-state index < -0.39 is 5.97 Å². The van der Waals surface area contributed by atoms with Crippen LogP contribution in [0.4, 0.5) is 5.00 Å². The topological polar surface area (TPSA) is 49.8 Å². The van der Waals surface area contributed by atoms with Gasteiger partial charge < -0.3 is 14.7 Å². The lowest BCUT2D eigenvalue weighted by Gasteiger charge is -2.16. The van der Waals surface area contributed by atoms with Gasteiger partial charge in [-0.25, -0.2) is 4.79 Å². The minimum Gasteiger partial charge on any atom is -0.477 e. The number of carboxylic acids is 1.